The zero-order chi connectivity index (χ0) is 18.6. The van der Waals surface area contributed by atoms with Crippen LogP contribution in [0, 0.1) is 11.8 Å². The Hall–Kier alpha value is 0.274. The van der Waals surface area contributed by atoms with Crippen LogP contribution in [0.1, 0.15) is 25.7 Å². The van der Waals surface area contributed by atoms with Gasteiger partial charge in [-0.15, -0.1) is 0 Å². The lowest BCUT2D eigenvalue weighted by Gasteiger charge is -2.42. The van der Waals surface area contributed by atoms with Crippen molar-refractivity contribution in [3.63, 3.8) is 0 Å². The highest BCUT2D eigenvalue weighted by atomic mass is 28.3. The molecule has 0 bridgehead atoms. The molecule has 25 heavy (non-hydrogen) atoms. The van der Waals surface area contributed by atoms with Gasteiger partial charge >= 0.3 is 6.16 Å². The minimum Gasteiger partial charge on any atom is -0.303 e. The van der Waals surface area contributed by atoms with Crippen LogP contribution in [0.5, 0.6) is 0 Å². The lowest BCUT2D eigenvalue weighted by Crippen LogP contribution is -2.53. The summed E-state index contributed by atoms with van der Waals surface area (Å²) in [6.45, 7) is 17.3. The number of hydrogen-bond donors (Lipinski definition) is 0. The van der Waals surface area contributed by atoms with E-state index in [2.05, 4.69) is 39.3 Å². The maximum atomic E-state index is 5.86. The van der Waals surface area contributed by atoms with Crippen LogP contribution in [0.15, 0.2) is 0 Å². The van der Waals surface area contributed by atoms with Crippen LogP contribution < -0.4 is 0 Å². The third kappa shape index (κ3) is 8.22. The summed E-state index contributed by atoms with van der Waals surface area (Å²) < 4.78 is 23.4. The summed E-state index contributed by atoms with van der Waals surface area (Å²) in [5.74, 6) is 0.951. The molecule has 0 N–H and O–H groups in total. The normalized spacial score (nSPS) is 31.4. The summed E-state index contributed by atoms with van der Waals surface area (Å²) in [6, 6.07) is 2.75. The Bertz CT molecular complexity index is 346. The summed E-state index contributed by atoms with van der Waals surface area (Å²) >= 11 is 0. The van der Waals surface area contributed by atoms with Gasteiger partial charge in [0, 0.05) is 28.0 Å². The van der Waals surface area contributed by atoms with Gasteiger partial charge in [-0.1, -0.05) is 64.2 Å². The molecule has 0 aromatic carbocycles. The molecule has 148 valence electrons. The molecule has 0 saturated carbocycles. The largest absolute Gasteiger partial charge is 0.412 e. The van der Waals surface area contributed by atoms with E-state index in [4.69, 9.17) is 18.9 Å². The number of hydrogen-bond acceptors (Lipinski definition) is 4. The Morgan fingerprint density at radius 1 is 0.640 bits per heavy atom. The fraction of sp³-hybridized carbons (Fsp3) is 1.00. The molecule has 0 radical (unpaired) electrons. The highest BCUT2D eigenvalue weighted by Crippen LogP contribution is 2.32. The molecule has 0 amide bonds. The summed E-state index contributed by atoms with van der Waals surface area (Å²) in [5, 5.41) is 0. The highest BCUT2D eigenvalue weighted by Gasteiger charge is 2.44. The smallest absolute Gasteiger partial charge is 0.303 e. The highest BCUT2D eigenvalue weighted by molar-refractivity contribution is 6.76. The van der Waals surface area contributed by atoms with Gasteiger partial charge < -0.3 is 18.9 Å². The summed E-state index contributed by atoms with van der Waals surface area (Å²) in [5.41, 5.74) is 0. The fourth-order valence-corrected chi connectivity index (χ4v) is 5.93. The molecule has 0 atom stereocenters. The van der Waals surface area contributed by atoms with E-state index in [0.29, 0.717) is 38.3 Å². The number of rotatable bonds is 8. The monoisotopic (exact) mass is 388 g/mol. The first-order valence-corrected chi connectivity index (χ1v) is 17.5. The van der Waals surface area contributed by atoms with Gasteiger partial charge in [0.15, 0.2) is 0 Å². The standard InChI is InChI=1S/C19H40O4Si2/c1-24(2,3)11-7-9-17-13-20-19(21-14-17)22-15-18(16-23-19)10-8-12-25(4,5)6/h17-18H,7-16H2,1-6H3. The predicted molar refractivity (Wildman–Crippen MR) is 108 cm³/mol. The van der Waals surface area contributed by atoms with Crippen LogP contribution in [-0.2, 0) is 18.9 Å². The molecule has 2 aliphatic heterocycles. The molecule has 0 aromatic rings. The van der Waals surface area contributed by atoms with E-state index in [0.717, 1.165) is 0 Å². The van der Waals surface area contributed by atoms with Crippen molar-refractivity contribution >= 4 is 16.1 Å². The zero-order valence-electron chi connectivity index (χ0n) is 17.4. The Morgan fingerprint density at radius 2 is 0.960 bits per heavy atom. The van der Waals surface area contributed by atoms with Crippen molar-refractivity contribution in [1.29, 1.82) is 0 Å². The van der Waals surface area contributed by atoms with E-state index < -0.39 is 22.3 Å². The average molecular weight is 389 g/mol. The first-order chi connectivity index (χ1) is 11.6. The van der Waals surface area contributed by atoms with E-state index >= 15 is 0 Å². The van der Waals surface area contributed by atoms with Crippen molar-refractivity contribution < 1.29 is 18.9 Å². The Labute approximate surface area is 157 Å². The second-order valence-electron chi connectivity index (χ2n) is 10.4. The van der Waals surface area contributed by atoms with Crippen LogP contribution >= 0.6 is 0 Å². The summed E-state index contributed by atoms with van der Waals surface area (Å²) in [4.78, 5) is 0. The molecular formula is C19H40O4Si2. The lowest BCUT2D eigenvalue weighted by atomic mass is 10.1. The molecule has 2 fully saturated rings. The van der Waals surface area contributed by atoms with Gasteiger partial charge in [0.05, 0.1) is 26.4 Å². The van der Waals surface area contributed by atoms with E-state index in [1.807, 2.05) is 0 Å². The van der Waals surface area contributed by atoms with Crippen LogP contribution in [0.4, 0.5) is 0 Å². The van der Waals surface area contributed by atoms with Gasteiger partial charge in [0.2, 0.25) is 0 Å². The van der Waals surface area contributed by atoms with Crippen molar-refractivity contribution in [2.45, 2.75) is 83.2 Å². The molecule has 4 nitrogen and oxygen atoms in total. The summed E-state index contributed by atoms with van der Waals surface area (Å²) in [6.07, 6.45) is 3.71. The molecule has 2 heterocycles. The van der Waals surface area contributed by atoms with Gasteiger partial charge in [-0.05, 0) is 12.8 Å². The molecular weight excluding hydrogens is 348 g/mol. The van der Waals surface area contributed by atoms with Crippen LogP contribution in [0.2, 0.25) is 51.4 Å². The van der Waals surface area contributed by atoms with Crippen molar-refractivity contribution in [3.05, 3.63) is 0 Å². The van der Waals surface area contributed by atoms with Gasteiger partial charge in [-0.3, -0.25) is 0 Å². The quantitative estimate of drug-likeness (QED) is 0.538. The first kappa shape index (κ1) is 21.6. The van der Waals surface area contributed by atoms with Crippen LogP contribution in [-0.4, -0.2) is 48.7 Å². The molecule has 1 spiro atoms. The molecule has 0 unspecified atom stereocenters. The van der Waals surface area contributed by atoms with Crippen molar-refractivity contribution in [1.82, 2.24) is 0 Å². The Balaban J connectivity index is 1.62. The second-order valence-corrected chi connectivity index (χ2v) is 21.6. The Morgan fingerprint density at radius 3 is 1.24 bits per heavy atom. The molecule has 6 heteroatoms. The molecule has 0 aliphatic carbocycles. The third-order valence-electron chi connectivity index (χ3n) is 5.06. The third-order valence-corrected chi connectivity index (χ3v) is 8.77. The average Bonchev–Trinajstić information content (AvgIpc) is 2.49. The topological polar surface area (TPSA) is 36.9 Å². The fourth-order valence-electron chi connectivity index (χ4n) is 3.40. The molecule has 2 rings (SSSR count). The minimum absolute atomic E-state index is 0.476. The van der Waals surface area contributed by atoms with Crippen molar-refractivity contribution in [2.75, 3.05) is 26.4 Å². The van der Waals surface area contributed by atoms with Gasteiger partial charge in [-0.2, -0.15) is 0 Å². The van der Waals surface area contributed by atoms with Gasteiger partial charge in [0.1, 0.15) is 0 Å². The maximum absolute atomic E-state index is 5.86. The molecule has 2 aliphatic rings. The summed E-state index contributed by atoms with van der Waals surface area (Å²) in [7, 11) is -1.88. The van der Waals surface area contributed by atoms with Crippen LogP contribution in [0.3, 0.4) is 0 Å². The van der Waals surface area contributed by atoms with Crippen molar-refractivity contribution in [3.8, 4) is 0 Å². The number of ether oxygens (including phenoxy) is 4. The predicted octanol–water partition coefficient (Wildman–Crippen LogP) is 5.16. The van der Waals surface area contributed by atoms with Gasteiger partial charge in [-0.25, -0.2) is 0 Å². The Kier molecular flexibility index (Phi) is 7.75. The van der Waals surface area contributed by atoms with E-state index in [1.54, 1.807) is 0 Å². The van der Waals surface area contributed by atoms with Crippen molar-refractivity contribution in [2.24, 2.45) is 11.8 Å². The minimum atomic E-state index is -1.20. The second kappa shape index (κ2) is 8.98. The SMILES string of the molecule is C[Si](C)(C)CCCC1COC2(OC1)OCC(CCC[Si](C)(C)C)CO2. The first-order valence-electron chi connectivity index (χ1n) is 10.1. The van der Waals surface area contributed by atoms with E-state index in [9.17, 15) is 0 Å². The van der Waals surface area contributed by atoms with Gasteiger partial charge in [0.25, 0.3) is 0 Å². The zero-order valence-corrected chi connectivity index (χ0v) is 19.4. The molecule has 2 saturated heterocycles. The van der Waals surface area contributed by atoms with Crippen LogP contribution in [0.25, 0.3) is 0 Å². The van der Waals surface area contributed by atoms with E-state index in [-0.39, 0.29) is 0 Å². The van der Waals surface area contributed by atoms with E-state index in [1.165, 1.54) is 37.8 Å². The lowest BCUT2D eigenvalue weighted by molar-refractivity contribution is -0.535. The molecule has 0 aromatic heterocycles. The maximum Gasteiger partial charge on any atom is 0.412 e.